The van der Waals surface area contributed by atoms with Gasteiger partial charge in [-0.25, -0.2) is 0 Å². The van der Waals surface area contributed by atoms with E-state index < -0.39 is 0 Å². The number of rotatable bonds is 8. The van der Waals surface area contributed by atoms with Crippen LogP contribution in [0.1, 0.15) is 12.8 Å². The Balaban J connectivity index is 1.35. The van der Waals surface area contributed by atoms with E-state index in [9.17, 15) is 4.79 Å². The fourth-order valence-corrected chi connectivity index (χ4v) is 5.17. The number of nitrogens with zero attached hydrogens (tertiary/aromatic N) is 3. The van der Waals surface area contributed by atoms with Crippen LogP contribution in [0.2, 0.25) is 0 Å². The Kier molecular flexibility index (Phi) is 6.70. The maximum absolute atomic E-state index is 12.6. The monoisotopic (exact) mass is 479 g/mol. The van der Waals surface area contributed by atoms with Crippen LogP contribution in [0.3, 0.4) is 0 Å². The van der Waals surface area contributed by atoms with Gasteiger partial charge in [-0.15, -0.1) is 22.0 Å². The summed E-state index contributed by atoms with van der Waals surface area (Å²) in [4.78, 5) is 17.1. The van der Waals surface area contributed by atoms with Gasteiger partial charge in [-0.1, -0.05) is 30.0 Å². The number of H-pyrrole nitrogens is 1. The molecule has 7 nitrogen and oxygen atoms in total. The van der Waals surface area contributed by atoms with Gasteiger partial charge >= 0.3 is 0 Å². The van der Waals surface area contributed by atoms with Crippen LogP contribution in [0.5, 0.6) is 0 Å². The summed E-state index contributed by atoms with van der Waals surface area (Å²) in [5, 5.41) is 13.7. The lowest BCUT2D eigenvalue weighted by molar-refractivity contribution is -0.113. The largest absolute Gasteiger partial charge is 0.376 e. The molecule has 1 aliphatic heterocycles. The maximum atomic E-state index is 12.6. The van der Waals surface area contributed by atoms with Gasteiger partial charge in [0.05, 0.1) is 18.4 Å². The number of aromatic amines is 1. The van der Waals surface area contributed by atoms with E-state index in [0.717, 1.165) is 57.5 Å². The lowest BCUT2D eigenvalue weighted by atomic mass is 10.1. The minimum Gasteiger partial charge on any atom is -0.376 e. The first-order chi connectivity index (χ1) is 16.2. The van der Waals surface area contributed by atoms with Crippen LogP contribution < -0.4 is 5.32 Å². The number of thioether (sulfide) groups is 2. The maximum Gasteiger partial charge on any atom is 0.234 e. The lowest BCUT2D eigenvalue weighted by Crippen LogP contribution is -2.18. The van der Waals surface area contributed by atoms with Crippen molar-refractivity contribution in [3.8, 4) is 11.4 Å². The molecule has 3 heterocycles. The number of ether oxygens (including phenoxy) is 1. The molecule has 0 spiro atoms. The van der Waals surface area contributed by atoms with Crippen molar-refractivity contribution in [2.75, 3.05) is 23.9 Å². The first kappa shape index (κ1) is 22.1. The normalized spacial score (nSPS) is 15.8. The SMILES string of the molecule is CSc1ccc(NC(=O)CSc2nnc(-c3c[nH]c4ccccc34)n2CC2CCCO2)cc1. The molecule has 1 unspecified atom stereocenters. The standard InChI is InChI=1S/C24H25N5O2S2/c1-32-18-10-8-16(9-11-18)26-22(30)15-33-24-28-27-23(29(24)14-17-5-4-12-31-17)20-13-25-21-7-3-2-6-19(20)21/h2-3,6-11,13,17,25H,4-5,12,14-15H2,1H3,(H,26,30). The summed E-state index contributed by atoms with van der Waals surface area (Å²) in [6.45, 7) is 1.46. The number of benzene rings is 2. The van der Waals surface area contributed by atoms with E-state index in [1.54, 1.807) is 11.8 Å². The predicted octanol–water partition coefficient (Wildman–Crippen LogP) is 5.06. The summed E-state index contributed by atoms with van der Waals surface area (Å²) >= 11 is 3.07. The van der Waals surface area contributed by atoms with Crippen LogP contribution in [0.25, 0.3) is 22.3 Å². The van der Waals surface area contributed by atoms with E-state index >= 15 is 0 Å². The van der Waals surface area contributed by atoms with Crippen molar-refractivity contribution in [1.82, 2.24) is 19.7 Å². The molecule has 2 aromatic carbocycles. The van der Waals surface area contributed by atoms with E-state index in [0.29, 0.717) is 6.54 Å². The van der Waals surface area contributed by atoms with Crippen molar-refractivity contribution in [2.45, 2.75) is 35.5 Å². The van der Waals surface area contributed by atoms with Crippen molar-refractivity contribution in [3.05, 3.63) is 54.7 Å². The van der Waals surface area contributed by atoms with Crippen LogP contribution in [-0.4, -0.2) is 50.4 Å². The molecule has 5 rings (SSSR count). The van der Waals surface area contributed by atoms with E-state index in [2.05, 4.69) is 31.1 Å². The highest BCUT2D eigenvalue weighted by molar-refractivity contribution is 7.99. The number of fused-ring (bicyclic) bond motifs is 1. The number of amides is 1. The Morgan fingerprint density at radius 2 is 2.06 bits per heavy atom. The zero-order valence-electron chi connectivity index (χ0n) is 18.3. The van der Waals surface area contributed by atoms with E-state index in [1.807, 2.05) is 54.9 Å². The molecule has 1 atom stereocenters. The second-order valence-electron chi connectivity index (χ2n) is 7.87. The minimum absolute atomic E-state index is 0.0720. The third-order valence-electron chi connectivity index (χ3n) is 5.66. The number of hydrogen-bond donors (Lipinski definition) is 2. The number of hydrogen-bond acceptors (Lipinski definition) is 6. The van der Waals surface area contributed by atoms with Gasteiger partial charge in [0.15, 0.2) is 11.0 Å². The highest BCUT2D eigenvalue weighted by Gasteiger charge is 2.23. The molecule has 2 N–H and O–H groups in total. The van der Waals surface area contributed by atoms with Gasteiger partial charge in [-0.3, -0.25) is 9.36 Å². The van der Waals surface area contributed by atoms with Gasteiger partial charge in [0.2, 0.25) is 5.91 Å². The Morgan fingerprint density at radius 3 is 2.85 bits per heavy atom. The summed E-state index contributed by atoms with van der Waals surface area (Å²) in [6, 6.07) is 16.0. The fourth-order valence-electron chi connectivity index (χ4n) is 4.01. The van der Waals surface area contributed by atoms with Crippen LogP contribution in [0, 0.1) is 0 Å². The molecule has 0 aliphatic carbocycles. The molecule has 4 aromatic rings. The van der Waals surface area contributed by atoms with Crippen LogP contribution >= 0.6 is 23.5 Å². The Labute approximate surface area is 200 Å². The zero-order valence-corrected chi connectivity index (χ0v) is 19.9. The molecule has 1 fully saturated rings. The van der Waals surface area contributed by atoms with Gasteiger partial charge in [-0.05, 0) is 49.4 Å². The molecular weight excluding hydrogens is 454 g/mol. The summed E-state index contributed by atoms with van der Waals surface area (Å²) in [5.74, 6) is 0.970. The van der Waals surface area contributed by atoms with Crippen molar-refractivity contribution in [1.29, 1.82) is 0 Å². The summed E-state index contributed by atoms with van der Waals surface area (Å²) in [7, 11) is 0. The summed E-state index contributed by atoms with van der Waals surface area (Å²) < 4.78 is 7.98. The second-order valence-corrected chi connectivity index (χ2v) is 9.69. The number of para-hydroxylation sites is 1. The van der Waals surface area contributed by atoms with Gasteiger partial charge in [-0.2, -0.15) is 0 Å². The smallest absolute Gasteiger partial charge is 0.234 e. The fraction of sp³-hybridized carbons (Fsp3) is 0.292. The molecule has 1 aliphatic rings. The minimum atomic E-state index is -0.0720. The first-order valence-corrected chi connectivity index (χ1v) is 13.1. The number of carbonyl (C=O) groups is 1. The Morgan fingerprint density at radius 1 is 1.21 bits per heavy atom. The van der Waals surface area contributed by atoms with Crippen LogP contribution in [0.4, 0.5) is 5.69 Å². The van der Waals surface area contributed by atoms with Gasteiger partial charge < -0.3 is 15.0 Å². The predicted molar refractivity (Wildman–Crippen MR) is 134 cm³/mol. The molecule has 9 heteroatoms. The molecule has 1 saturated heterocycles. The average molecular weight is 480 g/mol. The van der Waals surface area contributed by atoms with Gasteiger partial charge in [0.25, 0.3) is 0 Å². The zero-order chi connectivity index (χ0) is 22.6. The molecular formula is C24H25N5O2S2. The highest BCUT2D eigenvalue weighted by Crippen LogP contribution is 2.31. The van der Waals surface area contributed by atoms with Gasteiger partial charge in [0, 0.05) is 39.9 Å². The molecule has 2 aromatic heterocycles. The molecule has 0 saturated carbocycles. The van der Waals surface area contributed by atoms with E-state index in [4.69, 9.17) is 4.74 Å². The third kappa shape index (κ3) is 4.95. The highest BCUT2D eigenvalue weighted by atomic mass is 32.2. The number of carbonyl (C=O) groups excluding carboxylic acids is 1. The van der Waals surface area contributed by atoms with Gasteiger partial charge in [0.1, 0.15) is 0 Å². The quantitative estimate of drug-likeness (QED) is 0.344. The van der Waals surface area contributed by atoms with Crippen molar-refractivity contribution >= 4 is 46.0 Å². The molecule has 33 heavy (non-hydrogen) atoms. The number of aromatic nitrogens is 4. The van der Waals surface area contributed by atoms with Crippen LogP contribution in [-0.2, 0) is 16.1 Å². The van der Waals surface area contributed by atoms with Crippen molar-refractivity contribution < 1.29 is 9.53 Å². The molecule has 0 bridgehead atoms. The molecule has 0 radical (unpaired) electrons. The summed E-state index contributed by atoms with van der Waals surface area (Å²) in [6.07, 6.45) is 6.22. The van der Waals surface area contributed by atoms with Crippen LogP contribution in [0.15, 0.2) is 64.8 Å². The Hall–Kier alpha value is -2.75. The Bertz CT molecular complexity index is 1250. The molecule has 170 valence electrons. The first-order valence-electron chi connectivity index (χ1n) is 10.9. The van der Waals surface area contributed by atoms with Crippen molar-refractivity contribution in [2.24, 2.45) is 0 Å². The second kappa shape index (κ2) is 10.0. The third-order valence-corrected chi connectivity index (χ3v) is 7.37. The lowest BCUT2D eigenvalue weighted by Gasteiger charge is -2.14. The average Bonchev–Trinajstić information content (AvgIpc) is 3.59. The topological polar surface area (TPSA) is 84.8 Å². The van der Waals surface area contributed by atoms with E-state index in [1.165, 1.54) is 11.8 Å². The van der Waals surface area contributed by atoms with Crippen molar-refractivity contribution in [3.63, 3.8) is 0 Å². The summed E-state index contributed by atoms with van der Waals surface area (Å²) in [5.41, 5.74) is 2.85. The number of anilines is 1. The van der Waals surface area contributed by atoms with E-state index in [-0.39, 0.29) is 17.8 Å². The number of nitrogens with one attached hydrogen (secondary N) is 2. The molecule has 1 amide bonds.